The molecule has 3 heterocycles. The quantitative estimate of drug-likeness (QED) is 0.866. The Bertz CT molecular complexity index is 599. The van der Waals surface area contributed by atoms with E-state index in [4.69, 9.17) is 0 Å². The number of anilines is 2. The fourth-order valence-corrected chi connectivity index (χ4v) is 3.01. The van der Waals surface area contributed by atoms with Gasteiger partial charge in [-0.3, -0.25) is 4.98 Å². The van der Waals surface area contributed by atoms with E-state index >= 15 is 0 Å². The van der Waals surface area contributed by atoms with Gasteiger partial charge in [-0.1, -0.05) is 13.0 Å². The minimum Gasteiger partial charge on any atom is -0.360 e. The second-order valence-corrected chi connectivity index (χ2v) is 5.89. The number of nitrogens with zero attached hydrogens (tertiary/aromatic N) is 5. The van der Waals surface area contributed by atoms with Crippen LogP contribution in [0, 0.1) is 5.92 Å². The molecule has 2 unspecified atom stereocenters. The standard InChI is InChI=1S/C16H21N5/c1-12-9-14(13-5-4-6-17-10-13)21(11-12)16-15(20(2)3)18-7-8-19-16/h4-8,10,12,14H,9,11H2,1-3H3. The average molecular weight is 283 g/mol. The molecule has 0 aliphatic carbocycles. The number of pyridine rings is 1. The highest BCUT2D eigenvalue weighted by Gasteiger charge is 2.33. The average Bonchev–Trinajstić information content (AvgIpc) is 2.90. The highest BCUT2D eigenvalue weighted by atomic mass is 15.3. The molecule has 5 heteroatoms. The van der Waals surface area contributed by atoms with Crippen LogP contribution in [0.5, 0.6) is 0 Å². The first kappa shape index (κ1) is 13.8. The summed E-state index contributed by atoms with van der Waals surface area (Å²) in [5.41, 5.74) is 1.25. The van der Waals surface area contributed by atoms with E-state index in [0.717, 1.165) is 24.6 Å². The van der Waals surface area contributed by atoms with Crippen LogP contribution in [0.25, 0.3) is 0 Å². The summed E-state index contributed by atoms with van der Waals surface area (Å²) in [6.45, 7) is 3.29. The lowest BCUT2D eigenvalue weighted by Gasteiger charge is -2.28. The van der Waals surface area contributed by atoms with Gasteiger partial charge < -0.3 is 9.80 Å². The van der Waals surface area contributed by atoms with E-state index in [1.165, 1.54) is 5.56 Å². The largest absolute Gasteiger partial charge is 0.360 e. The van der Waals surface area contributed by atoms with Crippen LogP contribution in [0.15, 0.2) is 36.9 Å². The van der Waals surface area contributed by atoms with E-state index in [1.54, 1.807) is 12.4 Å². The van der Waals surface area contributed by atoms with E-state index in [2.05, 4.69) is 32.8 Å². The van der Waals surface area contributed by atoms with E-state index in [1.807, 2.05) is 37.5 Å². The molecule has 1 aliphatic rings. The molecule has 2 aromatic rings. The van der Waals surface area contributed by atoms with Gasteiger partial charge in [0.05, 0.1) is 6.04 Å². The molecule has 110 valence electrons. The maximum absolute atomic E-state index is 4.59. The summed E-state index contributed by atoms with van der Waals surface area (Å²) in [6, 6.07) is 4.47. The molecule has 0 N–H and O–H groups in total. The summed E-state index contributed by atoms with van der Waals surface area (Å²) in [5.74, 6) is 2.51. The van der Waals surface area contributed by atoms with Crippen LogP contribution in [0.2, 0.25) is 0 Å². The van der Waals surface area contributed by atoms with Crippen LogP contribution >= 0.6 is 0 Å². The zero-order valence-electron chi connectivity index (χ0n) is 12.8. The minimum atomic E-state index is 0.323. The maximum Gasteiger partial charge on any atom is 0.172 e. The fraction of sp³-hybridized carbons (Fsp3) is 0.438. The van der Waals surface area contributed by atoms with E-state index in [0.29, 0.717) is 12.0 Å². The number of aromatic nitrogens is 3. The lowest BCUT2D eigenvalue weighted by atomic mass is 10.0. The van der Waals surface area contributed by atoms with Gasteiger partial charge in [0.1, 0.15) is 0 Å². The van der Waals surface area contributed by atoms with Gasteiger partial charge >= 0.3 is 0 Å². The summed E-state index contributed by atoms with van der Waals surface area (Å²) in [4.78, 5) is 17.7. The van der Waals surface area contributed by atoms with Crippen LogP contribution in [0.1, 0.15) is 24.9 Å². The zero-order chi connectivity index (χ0) is 14.8. The van der Waals surface area contributed by atoms with Crippen LogP contribution in [0.3, 0.4) is 0 Å². The van der Waals surface area contributed by atoms with Crippen LogP contribution in [-0.2, 0) is 0 Å². The summed E-state index contributed by atoms with van der Waals surface area (Å²) >= 11 is 0. The van der Waals surface area contributed by atoms with Crippen molar-refractivity contribution in [1.82, 2.24) is 15.0 Å². The first-order valence-corrected chi connectivity index (χ1v) is 7.31. The normalized spacial score (nSPS) is 21.6. The molecule has 0 saturated carbocycles. The highest BCUT2D eigenvalue weighted by molar-refractivity contribution is 5.63. The fourth-order valence-electron chi connectivity index (χ4n) is 3.01. The van der Waals surface area contributed by atoms with Crippen LogP contribution < -0.4 is 9.80 Å². The minimum absolute atomic E-state index is 0.323. The molecule has 1 saturated heterocycles. The molecule has 2 aromatic heterocycles. The van der Waals surface area contributed by atoms with Crippen molar-refractivity contribution in [3.05, 3.63) is 42.5 Å². The topological polar surface area (TPSA) is 45.2 Å². The van der Waals surface area contributed by atoms with Crippen molar-refractivity contribution < 1.29 is 0 Å². The number of hydrogen-bond acceptors (Lipinski definition) is 5. The van der Waals surface area contributed by atoms with Gasteiger partial charge in [-0.25, -0.2) is 9.97 Å². The zero-order valence-corrected chi connectivity index (χ0v) is 12.8. The van der Waals surface area contributed by atoms with Gasteiger partial charge in [0.25, 0.3) is 0 Å². The van der Waals surface area contributed by atoms with Crippen molar-refractivity contribution >= 4 is 11.6 Å². The summed E-state index contributed by atoms with van der Waals surface area (Å²) < 4.78 is 0. The molecule has 2 atom stereocenters. The van der Waals surface area contributed by atoms with E-state index < -0.39 is 0 Å². The van der Waals surface area contributed by atoms with Gasteiger partial charge in [-0.05, 0) is 24.0 Å². The van der Waals surface area contributed by atoms with Gasteiger partial charge in [-0.15, -0.1) is 0 Å². The van der Waals surface area contributed by atoms with Crippen molar-refractivity contribution in [3.63, 3.8) is 0 Å². The Kier molecular flexibility index (Phi) is 3.73. The lowest BCUT2D eigenvalue weighted by molar-refractivity contribution is 0.617. The molecule has 0 amide bonds. The third kappa shape index (κ3) is 2.68. The maximum atomic E-state index is 4.59. The molecule has 0 bridgehead atoms. The third-order valence-corrected chi connectivity index (χ3v) is 3.94. The van der Waals surface area contributed by atoms with Crippen molar-refractivity contribution in [2.75, 3.05) is 30.4 Å². The lowest BCUT2D eigenvalue weighted by Crippen LogP contribution is -2.27. The van der Waals surface area contributed by atoms with Crippen LogP contribution in [-0.4, -0.2) is 35.6 Å². The van der Waals surface area contributed by atoms with Crippen molar-refractivity contribution in [3.8, 4) is 0 Å². The van der Waals surface area contributed by atoms with E-state index in [-0.39, 0.29) is 0 Å². The molecule has 1 fully saturated rings. The second-order valence-electron chi connectivity index (χ2n) is 5.89. The van der Waals surface area contributed by atoms with Gasteiger partial charge in [0.2, 0.25) is 0 Å². The Morgan fingerprint density at radius 2 is 2.00 bits per heavy atom. The predicted octanol–water partition coefficient (Wildman–Crippen LogP) is 2.53. The predicted molar refractivity (Wildman–Crippen MR) is 84.5 cm³/mol. The Morgan fingerprint density at radius 3 is 2.71 bits per heavy atom. The summed E-state index contributed by atoms with van der Waals surface area (Å²) in [6.07, 6.45) is 8.42. The second kappa shape index (κ2) is 5.68. The van der Waals surface area contributed by atoms with Gasteiger partial charge in [0, 0.05) is 45.4 Å². The van der Waals surface area contributed by atoms with E-state index in [9.17, 15) is 0 Å². The molecule has 3 rings (SSSR count). The number of hydrogen-bond donors (Lipinski definition) is 0. The van der Waals surface area contributed by atoms with Crippen LogP contribution in [0.4, 0.5) is 11.6 Å². The molecule has 0 aromatic carbocycles. The molecule has 0 radical (unpaired) electrons. The Balaban J connectivity index is 2.00. The Hall–Kier alpha value is -2.17. The van der Waals surface area contributed by atoms with Gasteiger partial charge in [-0.2, -0.15) is 0 Å². The Labute approximate surface area is 125 Å². The first-order chi connectivity index (χ1) is 10.2. The number of rotatable bonds is 3. The molecule has 21 heavy (non-hydrogen) atoms. The monoisotopic (exact) mass is 283 g/mol. The molecular formula is C16H21N5. The highest BCUT2D eigenvalue weighted by Crippen LogP contribution is 2.40. The molecule has 5 nitrogen and oxygen atoms in total. The van der Waals surface area contributed by atoms with Crippen molar-refractivity contribution in [2.45, 2.75) is 19.4 Å². The molecule has 1 aliphatic heterocycles. The van der Waals surface area contributed by atoms with Crippen molar-refractivity contribution in [2.24, 2.45) is 5.92 Å². The SMILES string of the molecule is CC1CC(c2cccnc2)N(c2nccnc2N(C)C)C1. The summed E-state index contributed by atoms with van der Waals surface area (Å²) in [7, 11) is 4.01. The smallest absolute Gasteiger partial charge is 0.172 e. The summed E-state index contributed by atoms with van der Waals surface area (Å²) in [5, 5.41) is 0. The van der Waals surface area contributed by atoms with Crippen molar-refractivity contribution in [1.29, 1.82) is 0 Å². The van der Waals surface area contributed by atoms with Gasteiger partial charge in [0.15, 0.2) is 11.6 Å². The first-order valence-electron chi connectivity index (χ1n) is 7.31. The third-order valence-electron chi connectivity index (χ3n) is 3.94. The molecule has 0 spiro atoms. The molecular weight excluding hydrogens is 262 g/mol. The Morgan fingerprint density at radius 1 is 1.19 bits per heavy atom.